The fraction of sp³-hybridized carbons (Fsp3) is 0.667. The number of amides is 1. The third-order valence-electron chi connectivity index (χ3n) is 3.40. The smallest absolute Gasteiger partial charge is 0.311 e. The van der Waals surface area contributed by atoms with Crippen LogP contribution in [-0.4, -0.2) is 23.5 Å². The molecule has 0 aliphatic heterocycles. The zero-order chi connectivity index (χ0) is 12.2. The Labute approximate surface area is 95.4 Å². The topological polar surface area (TPSA) is 66.4 Å². The summed E-state index contributed by atoms with van der Waals surface area (Å²) in [4.78, 5) is 22.2. The minimum Gasteiger partial charge on any atom is -0.481 e. The maximum absolute atomic E-state index is 11.3. The van der Waals surface area contributed by atoms with E-state index in [-0.39, 0.29) is 6.54 Å². The summed E-state index contributed by atoms with van der Waals surface area (Å²) in [5.41, 5.74) is -0.820. The van der Waals surface area contributed by atoms with Crippen molar-refractivity contribution in [2.75, 3.05) is 6.54 Å². The van der Waals surface area contributed by atoms with Gasteiger partial charge in [0.15, 0.2) is 0 Å². The number of carboxylic acids is 1. The highest BCUT2D eigenvalue weighted by Gasteiger charge is 2.41. The normalized spacial score (nSPS) is 29.1. The van der Waals surface area contributed by atoms with E-state index in [2.05, 4.69) is 12.2 Å². The molecule has 0 aromatic rings. The third kappa shape index (κ3) is 2.75. The number of carbonyl (C=O) groups excluding carboxylic acids is 1. The highest BCUT2D eigenvalue weighted by molar-refractivity contribution is 5.93. The molecule has 0 unspecified atom stereocenters. The van der Waals surface area contributed by atoms with E-state index in [4.69, 9.17) is 6.42 Å². The van der Waals surface area contributed by atoms with E-state index >= 15 is 0 Å². The van der Waals surface area contributed by atoms with Gasteiger partial charge in [-0.05, 0) is 37.5 Å². The second-order valence-corrected chi connectivity index (χ2v) is 4.60. The van der Waals surface area contributed by atoms with E-state index in [1.54, 1.807) is 0 Å². The van der Waals surface area contributed by atoms with E-state index < -0.39 is 17.3 Å². The molecule has 4 heteroatoms. The Morgan fingerprint density at radius 2 is 2.06 bits per heavy atom. The Hall–Kier alpha value is -1.50. The van der Waals surface area contributed by atoms with Gasteiger partial charge in [-0.3, -0.25) is 9.59 Å². The summed E-state index contributed by atoms with van der Waals surface area (Å²) in [5.74, 6) is 1.11. The van der Waals surface area contributed by atoms with Crippen LogP contribution in [0.5, 0.6) is 0 Å². The molecule has 1 fully saturated rings. The largest absolute Gasteiger partial charge is 0.481 e. The molecule has 0 spiro atoms. The number of nitrogens with one attached hydrogen (secondary N) is 1. The number of carboxylic acid groups (broad SMARTS) is 1. The Morgan fingerprint density at radius 1 is 1.50 bits per heavy atom. The third-order valence-corrected chi connectivity index (χ3v) is 3.40. The van der Waals surface area contributed by atoms with E-state index in [0.717, 1.165) is 12.8 Å². The number of hydrogen-bond acceptors (Lipinski definition) is 2. The SMILES string of the molecule is C#CC(=O)NCC1(C(=O)O)CCC(C)CC1. The van der Waals surface area contributed by atoms with Crippen molar-refractivity contribution in [2.45, 2.75) is 32.6 Å². The molecule has 2 N–H and O–H groups in total. The molecule has 4 nitrogen and oxygen atoms in total. The number of aliphatic carboxylic acids is 1. The lowest BCUT2D eigenvalue weighted by atomic mass is 9.71. The molecule has 1 saturated carbocycles. The van der Waals surface area contributed by atoms with Crippen LogP contribution in [-0.2, 0) is 9.59 Å². The molecule has 0 atom stereocenters. The minimum absolute atomic E-state index is 0.137. The summed E-state index contributed by atoms with van der Waals surface area (Å²) in [5, 5.41) is 11.7. The van der Waals surface area contributed by atoms with Crippen molar-refractivity contribution >= 4 is 11.9 Å². The van der Waals surface area contributed by atoms with Crippen molar-refractivity contribution in [2.24, 2.45) is 11.3 Å². The number of carbonyl (C=O) groups is 2. The Balaban J connectivity index is 2.64. The van der Waals surface area contributed by atoms with Crippen molar-refractivity contribution in [3.8, 4) is 12.3 Å². The Morgan fingerprint density at radius 3 is 2.50 bits per heavy atom. The summed E-state index contributed by atoms with van der Waals surface area (Å²) in [7, 11) is 0. The number of hydrogen-bond donors (Lipinski definition) is 2. The van der Waals surface area contributed by atoms with E-state index in [9.17, 15) is 14.7 Å². The van der Waals surface area contributed by atoms with Crippen molar-refractivity contribution < 1.29 is 14.7 Å². The molecular formula is C12H17NO3. The summed E-state index contributed by atoms with van der Waals surface area (Å²) in [6.45, 7) is 2.25. The van der Waals surface area contributed by atoms with Gasteiger partial charge in [0.2, 0.25) is 0 Å². The first-order valence-electron chi connectivity index (χ1n) is 5.48. The fourth-order valence-electron chi connectivity index (χ4n) is 2.08. The molecule has 0 heterocycles. The van der Waals surface area contributed by atoms with Crippen LogP contribution in [0.1, 0.15) is 32.6 Å². The van der Waals surface area contributed by atoms with Gasteiger partial charge in [0.25, 0.3) is 5.91 Å². The second kappa shape index (κ2) is 5.02. The maximum Gasteiger partial charge on any atom is 0.311 e. The van der Waals surface area contributed by atoms with Crippen LogP contribution >= 0.6 is 0 Å². The van der Waals surface area contributed by atoms with Crippen LogP contribution in [0.3, 0.4) is 0 Å². The van der Waals surface area contributed by atoms with Gasteiger partial charge < -0.3 is 10.4 Å². The van der Waals surface area contributed by atoms with E-state index in [0.29, 0.717) is 18.8 Å². The van der Waals surface area contributed by atoms with Gasteiger partial charge in [-0.15, -0.1) is 6.42 Å². The average Bonchev–Trinajstić information content (AvgIpc) is 2.28. The van der Waals surface area contributed by atoms with Gasteiger partial charge >= 0.3 is 5.97 Å². The van der Waals surface area contributed by atoms with Gasteiger partial charge in [0, 0.05) is 6.54 Å². The van der Waals surface area contributed by atoms with E-state index in [1.807, 2.05) is 5.92 Å². The Bertz CT molecular complexity index is 322. The number of terminal acetylenes is 1. The van der Waals surface area contributed by atoms with Gasteiger partial charge in [-0.1, -0.05) is 6.92 Å². The van der Waals surface area contributed by atoms with Crippen LogP contribution in [0.15, 0.2) is 0 Å². The highest BCUT2D eigenvalue weighted by Crippen LogP contribution is 2.38. The first kappa shape index (κ1) is 12.6. The predicted molar refractivity (Wildman–Crippen MR) is 59.5 cm³/mol. The highest BCUT2D eigenvalue weighted by atomic mass is 16.4. The predicted octanol–water partition coefficient (Wildman–Crippen LogP) is 1.02. The summed E-state index contributed by atoms with van der Waals surface area (Å²) >= 11 is 0. The molecule has 1 amide bonds. The average molecular weight is 223 g/mol. The molecule has 0 saturated heterocycles. The van der Waals surface area contributed by atoms with Gasteiger partial charge in [0.1, 0.15) is 0 Å². The molecule has 0 radical (unpaired) electrons. The molecular weight excluding hydrogens is 206 g/mol. The molecule has 1 aliphatic rings. The quantitative estimate of drug-likeness (QED) is 0.702. The van der Waals surface area contributed by atoms with Crippen molar-refractivity contribution in [1.29, 1.82) is 0 Å². The number of rotatable bonds is 3. The van der Waals surface area contributed by atoms with E-state index in [1.165, 1.54) is 0 Å². The van der Waals surface area contributed by atoms with Crippen molar-refractivity contribution in [1.82, 2.24) is 5.32 Å². The first-order chi connectivity index (χ1) is 7.50. The lowest BCUT2D eigenvalue weighted by Crippen LogP contribution is -2.45. The van der Waals surface area contributed by atoms with Crippen molar-refractivity contribution in [3.05, 3.63) is 0 Å². The fourth-order valence-corrected chi connectivity index (χ4v) is 2.08. The molecule has 0 bridgehead atoms. The van der Waals surface area contributed by atoms with Gasteiger partial charge in [-0.2, -0.15) is 0 Å². The van der Waals surface area contributed by atoms with Gasteiger partial charge in [0.05, 0.1) is 5.41 Å². The molecule has 0 aromatic heterocycles. The Kier molecular flexibility index (Phi) is 3.94. The standard InChI is InChI=1S/C12H17NO3/c1-3-10(14)13-8-12(11(15)16)6-4-9(2)5-7-12/h1,9H,4-8H2,2H3,(H,13,14)(H,15,16). The zero-order valence-electron chi connectivity index (χ0n) is 9.45. The summed E-state index contributed by atoms with van der Waals surface area (Å²) in [6, 6.07) is 0. The molecule has 16 heavy (non-hydrogen) atoms. The molecule has 1 aliphatic carbocycles. The van der Waals surface area contributed by atoms with Gasteiger partial charge in [-0.25, -0.2) is 0 Å². The summed E-state index contributed by atoms with van der Waals surface area (Å²) < 4.78 is 0. The van der Waals surface area contributed by atoms with Crippen LogP contribution in [0, 0.1) is 23.7 Å². The van der Waals surface area contributed by atoms with Crippen LogP contribution < -0.4 is 5.32 Å². The van der Waals surface area contributed by atoms with Crippen molar-refractivity contribution in [3.63, 3.8) is 0 Å². The lowest BCUT2D eigenvalue weighted by Gasteiger charge is -2.35. The second-order valence-electron chi connectivity index (χ2n) is 4.60. The first-order valence-corrected chi connectivity index (χ1v) is 5.48. The van der Waals surface area contributed by atoms with Crippen LogP contribution in [0.4, 0.5) is 0 Å². The molecule has 1 rings (SSSR count). The van der Waals surface area contributed by atoms with Crippen LogP contribution in [0.2, 0.25) is 0 Å². The molecule has 0 aromatic carbocycles. The van der Waals surface area contributed by atoms with Crippen LogP contribution in [0.25, 0.3) is 0 Å². The minimum atomic E-state index is -0.836. The summed E-state index contributed by atoms with van der Waals surface area (Å²) in [6.07, 6.45) is 7.90. The lowest BCUT2D eigenvalue weighted by molar-refractivity contribution is -0.151. The monoisotopic (exact) mass is 223 g/mol. The zero-order valence-corrected chi connectivity index (χ0v) is 9.45. The molecule has 88 valence electrons. The maximum atomic E-state index is 11.3.